The number of halogens is 1. The third-order valence-corrected chi connectivity index (χ3v) is 7.81. The molecule has 1 fully saturated rings. The van der Waals surface area contributed by atoms with Crippen LogP contribution in [-0.4, -0.2) is 86.0 Å². The van der Waals surface area contributed by atoms with E-state index in [0.717, 1.165) is 4.57 Å². The van der Waals surface area contributed by atoms with Gasteiger partial charge in [0.05, 0.1) is 25.6 Å². The zero-order valence-electron chi connectivity index (χ0n) is 22.8. The Kier molecular flexibility index (Phi) is 9.11. The summed E-state index contributed by atoms with van der Waals surface area (Å²) in [6, 6.07) is 6.88. The van der Waals surface area contributed by atoms with E-state index in [0.29, 0.717) is 0 Å². The van der Waals surface area contributed by atoms with Crippen molar-refractivity contribution in [2.75, 3.05) is 31.3 Å². The van der Waals surface area contributed by atoms with Crippen LogP contribution in [0.4, 0.5) is 16.2 Å². The lowest BCUT2D eigenvalue weighted by atomic mass is 9.97. The zero-order chi connectivity index (χ0) is 29.9. The van der Waals surface area contributed by atoms with Crippen molar-refractivity contribution in [1.29, 1.82) is 0 Å². The number of fused-ring (bicyclic) bond motifs is 1. The second kappa shape index (κ2) is 12.2. The van der Waals surface area contributed by atoms with Crippen molar-refractivity contribution in [1.82, 2.24) is 24.6 Å². The molecule has 1 aromatic carbocycles. The fourth-order valence-electron chi connectivity index (χ4n) is 4.19. The molecule has 1 unspecified atom stereocenters. The molecular weight excluding hydrogens is 564 g/mol. The third kappa shape index (κ3) is 6.42. The molecule has 224 valence electrons. The second-order valence-corrected chi connectivity index (χ2v) is 11.3. The predicted octanol–water partition coefficient (Wildman–Crippen LogP) is 1.54. The van der Waals surface area contributed by atoms with Crippen LogP contribution in [0.3, 0.4) is 0 Å². The minimum Gasteiger partial charge on any atom is -0.462 e. The Bertz CT molecular complexity index is 1410. The van der Waals surface area contributed by atoms with Crippen LogP contribution in [-0.2, 0) is 23.4 Å². The Morgan fingerprint density at radius 2 is 2.00 bits per heavy atom. The van der Waals surface area contributed by atoms with Crippen LogP contribution in [0.1, 0.15) is 27.0 Å². The van der Waals surface area contributed by atoms with Gasteiger partial charge in [0.2, 0.25) is 11.6 Å². The molecule has 1 aliphatic rings. The van der Waals surface area contributed by atoms with E-state index in [4.69, 9.17) is 24.3 Å². The molecule has 3 heterocycles. The van der Waals surface area contributed by atoms with Crippen LogP contribution in [0.5, 0.6) is 5.75 Å². The van der Waals surface area contributed by atoms with Crippen LogP contribution < -0.4 is 20.7 Å². The molecule has 6 atom stereocenters. The number of carbonyl (C=O) groups excluding carboxylic acids is 1. The molecule has 0 saturated carbocycles. The summed E-state index contributed by atoms with van der Waals surface area (Å²) in [4.78, 5) is 24.7. The van der Waals surface area contributed by atoms with Gasteiger partial charge in [-0.2, -0.15) is 15.1 Å². The molecule has 0 bridgehead atoms. The number of ether oxygens (including phenoxy) is 2. The number of para-hydroxylation sites is 1. The fourth-order valence-corrected chi connectivity index (χ4v) is 5.69. The topological polar surface area (TPSA) is 205 Å². The number of aromatic nitrogens is 4. The lowest BCUT2D eigenvalue weighted by Gasteiger charge is -2.27. The number of nitrogens with one attached hydrogen (secondary N) is 2. The minimum atomic E-state index is -4.35. The van der Waals surface area contributed by atoms with E-state index in [-0.39, 0.29) is 28.7 Å². The fraction of sp³-hybridized carbons (Fsp3) is 0.500. The van der Waals surface area contributed by atoms with Gasteiger partial charge in [-0.3, -0.25) is 13.9 Å². The van der Waals surface area contributed by atoms with Gasteiger partial charge in [0.1, 0.15) is 24.0 Å². The number of aliphatic hydroxyl groups is 2. The third-order valence-electron chi connectivity index (χ3n) is 6.16. The van der Waals surface area contributed by atoms with Gasteiger partial charge in [-0.1, -0.05) is 18.2 Å². The van der Waals surface area contributed by atoms with Crippen LogP contribution in [0.25, 0.3) is 11.2 Å². The lowest BCUT2D eigenvalue weighted by molar-refractivity contribution is -0.149. The normalized spacial score (nSPS) is 24.7. The van der Waals surface area contributed by atoms with Crippen molar-refractivity contribution >= 4 is 36.6 Å². The van der Waals surface area contributed by atoms with Gasteiger partial charge < -0.3 is 35.3 Å². The molecule has 3 aromatic rings. The van der Waals surface area contributed by atoms with E-state index < -0.39 is 63.2 Å². The first-order chi connectivity index (χ1) is 19.4. The number of alkyl halides is 1. The zero-order valence-corrected chi connectivity index (χ0v) is 23.7. The molecular formula is C24H33FN7O8P. The summed E-state index contributed by atoms with van der Waals surface area (Å²) >= 11 is 0. The highest BCUT2D eigenvalue weighted by molar-refractivity contribution is 7.52. The molecule has 1 saturated heterocycles. The molecule has 4 rings (SSSR count). The number of hydrogen-bond donors (Lipinski definition) is 5. The number of esters is 1. The van der Waals surface area contributed by atoms with Gasteiger partial charge in [0, 0.05) is 7.05 Å². The molecule has 0 spiro atoms. The first-order valence-corrected chi connectivity index (χ1v) is 14.2. The average molecular weight is 598 g/mol. The van der Waals surface area contributed by atoms with E-state index in [2.05, 4.69) is 25.4 Å². The summed E-state index contributed by atoms with van der Waals surface area (Å²) < 4.78 is 53.2. The van der Waals surface area contributed by atoms with Gasteiger partial charge >= 0.3 is 13.7 Å². The number of aliphatic hydroxyl groups excluding tert-OH is 2. The number of benzene rings is 1. The predicted molar refractivity (Wildman–Crippen MR) is 145 cm³/mol. The molecule has 0 aliphatic carbocycles. The second-order valence-electron chi connectivity index (χ2n) is 9.60. The van der Waals surface area contributed by atoms with E-state index in [1.54, 1.807) is 39.1 Å². The average Bonchev–Trinajstić information content (AvgIpc) is 3.45. The SMILES string of the molecule is CNc1nc(N)nc2c1ncn2[C@@H]1O[C@H](CO[P@@](=O)(NC(C)C(=O)OC(C)C)Oc2ccccc2)[C@@H](O)[C@]1(F)CO. The molecule has 6 N–H and O–H groups in total. The number of imidazole rings is 1. The maximum atomic E-state index is 16.1. The Labute approximate surface area is 234 Å². The monoisotopic (exact) mass is 597 g/mol. The molecule has 0 amide bonds. The van der Waals surface area contributed by atoms with E-state index in [1.165, 1.54) is 25.4 Å². The summed E-state index contributed by atoms with van der Waals surface area (Å²) in [6.07, 6.45) is -4.27. The van der Waals surface area contributed by atoms with Crippen molar-refractivity contribution in [3.63, 3.8) is 0 Å². The molecule has 17 heteroatoms. The molecule has 41 heavy (non-hydrogen) atoms. The van der Waals surface area contributed by atoms with Crippen LogP contribution in [0.2, 0.25) is 0 Å². The number of hydrogen-bond acceptors (Lipinski definition) is 13. The van der Waals surface area contributed by atoms with E-state index in [1.807, 2.05) is 0 Å². The maximum absolute atomic E-state index is 16.1. The van der Waals surface area contributed by atoms with Crippen LogP contribution >= 0.6 is 7.75 Å². The van der Waals surface area contributed by atoms with Crippen LogP contribution in [0, 0.1) is 0 Å². The van der Waals surface area contributed by atoms with Crippen molar-refractivity contribution < 1.29 is 42.5 Å². The first kappa shape index (κ1) is 30.6. The summed E-state index contributed by atoms with van der Waals surface area (Å²) in [5.41, 5.74) is 3.35. The number of rotatable bonds is 12. The van der Waals surface area contributed by atoms with Crippen molar-refractivity contribution in [3.05, 3.63) is 36.7 Å². The minimum absolute atomic E-state index is 0.0772. The van der Waals surface area contributed by atoms with Gasteiger partial charge in [0.15, 0.2) is 23.2 Å². The summed E-state index contributed by atoms with van der Waals surface area (Å²) in [5.74, 6) is -0.426. The van der Waals surface area contributed by atoms with Gasteiger partial charge in [0.25, 0.3) is 0 Å². The highest BCUT2D eigenvalue weighted by Crippen LogP contribution is 2.48. The Balaban J connectivity index is 1.59. The highest BCUT2D eigenvalue weighted by atomic mass is 31.2. The maximum Gasteiger partial charge on any atom is 0.459 e. The number of nitrogens with zero attached hydrogens (tertiary/aromatic N) is 4. The van der Waals surface area contributed by atoms with E-state index >= 15 is 4.39 Å². The lowest BCUT2D eigenvalue weighted by Crippen LogP contribution is -2.46. The number of carbonyl (C=O) groups is 1. The van der Waals surface area contributed by atoms with Crippen molar-refractivity contribution in [2.24, 2.45) is 0 Å². The summed E-state index contributed by atoms with van der Waals surface area (Å²) in [7, 11) is -2.76. The molecule has 15 nitrogen and oxygen atoms in total. The largest absolute Gasteiger partial charge is 0.462 e. The van der Waals surface area contributed by atoms with Crippen molar-refractivity contribution in [2.45, 2.75) is 57.0 Å². The van der Waals surface area contributed by atoms with E-state index in [9.17, 15) is 19.6 Å². The number of nitrogen functional groups attached to an aromatic ring is 1. The van der Waals surface area contributed by atoms with Crippen LogP contribution in [0.15, 0.2) is 36.7 Å². The Morgan fingerprint density at radius 3 is 2.63 bits per heavy atom. The molecule has 2 aromatic heterocycles. The summed E-state index contributed by atoms with van der Waals surface area (Å²) in [6.45, 7) is 2.90. The standard InChI is InChI=1S/C24H33FN7O8P/c1-13(2)38-21(35)14(3)31-41(36,40-15-8-6-5-7-9-15)37-10-16-18(34)24(25,11-33)22(39-16)32-12-28-17-19(27-4)29-23(26)30-20(17)32/h5-9,12-14,16,18,22,33-34H,10-11H2,1-4H3,(H,31,36)(H3,26,27,29,30)/t14?,16-,18-,22-,24-,41+/m1/s1. The molecule has 1 aliphatic heterocycles. The van der Waals surface area contributed by atoms with Gasteiger partial charge in [-0.15, -0.1) is 0 Å². The quantitative estimate of drug-likeness (QED) is 0.148. The first-order valence-electron chi connectivity index (χ1n) is 12.7. The smallest absolute Gasteiger partial charge is 0.459 e. The van der Waals surface area contributed by atoms with Crippen molar-refractivity contribution in [3.8, 4) is 5.75 Å². The number of anilines is 2. The highest BCUT2D eigenvalue weighted by Gasteiger charge is 2.59. The number of nitrogens with two attached hydrogens (primary N) is 1. The molecule has 0 radical (unpaired) electrons. The summed E-state index contributed by atoms with van der Waals surface area (Å²) in [5, 5.41) is 26.2. The van der Waals surface area contributed by atoms with Gasteiger partial charge in [-0.25, -0.2) is 13.9 Å². The van der Waals surface area contributed by atoms with Gasteiger partial charge in [-0.05, 0) is 32.9 Å². The Hall–Kier alpha value is -3.40. The Morgan fingerprint density at radius 1 is 1.29 bits per heavy atom.